The Labute approximate surface area is 274 Å². The van der Waals surface area contributed by atoms with Gasteiger partial charge in [0.2, 0.25) is 17.7 Å². The molecule has 2 heterocycles. The van der Waals surface area contributed by atoms with E-state index in [1.807, 2.05) is 60.7 Å². The monoisotopic (exact) mass is 632 g/mol. The smallest absolute Gasteiger partial charge is 0.238 e. The fourth-order valence-electron chi connectivity index (χ4n) is 8.30. The lowest BCUT2D eigenvalue weighted by molar-refractivity contribution is -0.123. The molecule has 9 rings (SSSR count). The molecule has 0 radical (unpaired) electrons. The minimum atomic E-state index is -0.737. The number of allylic oxidation sites excluding steroid dienone is 6. The number of nitrogens with zero attached hydrogens (tertiary/aromatic N) is 2. The van der Waals surface area contributed by atoms with Gasteiger partial charge in [0.05, 0.1) is 17.5 Å². The van der Waals surface area contributed by atoms with E-state index in [4.69, 9.17) is 4.42 Å². The maximum absolute atomic E-state index is 14.4. The number of amides is 2. The van der Waals surface area contributed by atoms with Gasteiger partial charge < -0.3 is 9.52 Å². The number of phenols is 1. The second-order valence-corrected chi connectivity index (χ2v) is 13.0. The summed E-state index contributed by atoms with van der Waals surface area (Å²) in [6.07, 6.45) is 3.82. The van der Waals surface area contributed by atoms with Gasteiger partial charge in [0.15, 0.2) is 17.1 Å². The van der Waals surface area contributed by atoms with Crippen molar-refractivity contribution in [2.24, 2.45) is 17.8 Å². The number of hydrogen-bond acceptors (Lipinski definition) is 7. The van der Waals surface area contributed by atoms with Gasteiger partial charge in [-0.15, -0.1) is 0 Å². The molecule has 8 heteroatoms. The lowest BCUT2D eigenvalue weighted by atomic mass is 9.59. The SMILES string of the molecule is CC1=CC(=O)C2=C(CC3C(=CCC4C(=O)N(c5ccc(-c6nc7ccccc7o6)cc5)C(=O)C43)C2c2c(O)ccc3ccccc23)C1=O. The fourth-order valence-corrected chi connectivity index (χ4v) is 8.30. The summed E-state index contributed by atoms with van der Waals surface area (Å²) < 4.78 is 5.90. The minimum absolute atomic E-state index is 0.00947. The van der Waals surface area contributed by atoms with Gasteiger partial charge >= 0.3 is 0 Å². The fraction of sp³-hybridized carbons (Fsp3) is 0.175. The molecule has 2 amide bonds. The first kappa shape index (κ1) is 28.3. The molecule has 4 unspecified atom stereocenters. The van der Waals surface area contributed by atoms with Gasteiger partial charge in [0.1, 0.15) is 11.3 Å². The first-order chi connectivity index (χ1) is 23.3. The standard InChI is InChI=1S/C40H28N2O6/c1-20-18-31(44)35-28(37(20)45)19-27-25(36(35)34-24-7-3-2-6-21(24)12-17-30(34)43)15-16-26-33(27)40(47)42(39(26)46)23-13-10-22(11-14-23)38-41-29-8-4-5-9-32(29)48-38/h2-15,17-18,26-27,33,36,43H,16,19H2,1H3. The lowest BCUT2D eigenvalue weighted by Gasteiger charge is -2.42. The van der Waals surface area contributed by atoms with Crippen LogP contribution < -0.4 is 4.90 Å². The van der Waals surface area contributed by atoms with Crippen molar-refractivity contribution in [2.45, 2.75) is 25.7 Å². The molecular formula is C40H28N2O6. The van der Waals surface area contributed by atoms with Crippen molar-refractivity contribution in [1.82, 2.24) is 4.98 Å². The highest BCUT2D eigenvalue weighted by molar-refractivity contribution is 6.25. The highest BCUT2D eigenvalue weighted by Gasteiger charge is 2.57. The van der Waals surface area contributed by atoms with Crippen LogP contribution in [0.3, 0.4) is 0 Å². The number of carbonyl (C=O) groups is 4. The van der Waals surface area contributed by atoms with E-state index >= 15 is 0 Å². The molecule has 0 spiro atoms. The number of benzene rings is 4. The largest absolute Gasteiger partial charge is 0.508 e. The Balaban J connectivity index is 1.12. The van der Waals surface area contributed by atoms with Gasteiger partial charge in [-0.25, -0.2) is 4.98 Å². The van der Waals surface area contributed by atoms with Crippen molar-refractivity contribution in [3.63, 3.8) is 0 Å². The Kier molecular flexibility index (Phi) is 6.09. The molecule has 4 aromatic carbocycles. The third kappa shape index (κ3) is 3.98. The molecule has 48 heavy (non-hydrogen) atoms. The van der Waals surface area contributed by atoms with Gasteiger partial charge in [-0.1, -0.05) is 54.1 Å². The van der Waals surface area contributed by atoms with Crippen LogP contribution in [0.2, 0.25) is 0 Å². The highest BCUT2D eigenvalue weighted by atomic mass is 16.3. The number of aromatic nitrogens is 1. The summed E-state index contributed by atoms with van der Waals surface area (Å²) in [5.41, 5.74) is 4.94. The average molecular weight is 633 g/mol. The number of fused-ring (bicyclic) bond motifs is 5. The van der Waals surface area contributed by atoms with Gasteiger partial charge in [-0.05, 0) is 85.0 Å². The number of anilines is 1. The number of phenolic OH excluding ortho intramolecular Hbond substituents is 1. The molecule has 0 saturated carbocycles. The number of Topliss-reactive ketones (excluding diaryl/α,β-unsaturated/α-hetero) is 1. The maximum atomic E-state index is 14.4. The summed E-state index contributed by atoms with van der Waals surface area (Å²) in [6.45, 7) is 1.62. The normalized spacial score (nSPS) is 23.7. The van der Waals surface area contributed by atoms with Gasteiger partial charge in [-0.3, -0.25) is 24.1 Å². The molecule has 3 aliphatic carbocycles. The van der Waals surface area contributed by atoms with Crippen molar-refractivity contribution in [1.29, 1.82) is 0 Å². The number of ketones is 2. The Hall–Kier alpha value is -5.89. The Morgan fingerprint density at radius 1 is 0.854 bits per heavy atom. The molecule has 1 N–H and O–H groups in total. The second-order valence-electron chi connectivity index (χ2n) is 13.0. The molecule has 0 bridgehead atoms. The zero-order chi connectivity index (χ0) is 32.8. The number of carbonyl (C=O) groups excluding carboxylic acids is 4. The second kappa shape index (κ2) is 10.3. The zero-order valence-electron chi connectivity index (χ0n) is 25.8. The Bertz CT molecular complexity index is 2340. The summed E-state index contributed by atoms with van der Waals surface area (Å²) in [4.78, 5) is 61.6. The molecule has 1 fully saturated rings. The molecule has 1 aliphatic heterocycles. The van der Waals surface area contributed by atoms with Crippen molar-refractivity contribution >= 4 is 50.9 Å². The summed E-state index contributed by atoms with van der Waals surface area (Å²) in [5.74, 6) is -3.26. The van der Waals surface area contributed by atoms with Crippen molar-refractivity contribution < 1.29 is 28.7 Å². The van der Waals surface area contributed by atoms with E-state index in [0.717, 1.165) is 21.9 Å². The van der Waals surface area contributed by atoms with Crippen LogP contribution in [0.1, 0.15) is 31.2 Å². The number of para-hydroxylation sites is 2. The first-order valence-electron chi connectivity index (χ1n) is 16.0. The van der Waals surface area contributed by atoms with Crippen LogP contribution in [0, 0.1) is 17.8 Å². The minimum Gasteiger partial charge on any atom is -0.508 e. The average Bonchev–Trinajstić information content (AvgIpc) is 3.65. The molecule has 1 aromatic heterocycles. The van der Waals surface area contributed by atoms with E-state index in [-0.39, 0.29) is 35.6 Å². The van der Waals surface area contributed by atoms with E-state index in [9.17, 15) is 24.3 Å². The number of rotatable bonds is 3. The lowest BCUT2D eigenvalue weighted by Crippen LogP contribution is -2.39. The first-order valence-corrected chi connectivity index (χ1v) is 16.0. The predicted molar refractivity (Wildman–Crippen MR) is 179 cm³/mol. The van der Waals surface area contributed by atoms with E-state index in [1.165, 1.54) is 11.0 Å². The third-order valence-corrected chi connectivity index (χ3v) is 10.5. The summed E-state index contributed by atoms with van der Waals surface area (Å²) in [5, 5.41) is 13.0. The molecule has 4 aliphatic rings. The summed E-state index contributed by atoms with van der Waals surface area (Å²) >= 11 is 0. The third-order valence-electron chi connectivity index (χ3n) is 10.5. The number of oxazole rings is 1. The van der Waals surface area contributed by atoms with Gasteiger partial charge in [-0.2, -0.15) is 0 Å². The molecular weight excluding hydrogens is 604 g/mol. The van der Waals surface area contributed by atoms with Crippen LogP contribution in [0.4, 0.5) is 5.69 Å². The van der Waals surface area contributed by atoms with Crippen LogP contribution in [0.5, 0.6) is 5.75 Å². The van der Waals surface area contributed by atoms with Crippen LogP contribution in [-0.4, -0.2) is 33.5 Å². The topological polar surface area (TPSA) is 118 Å². The van der Waals surface area contributed by atoms with Crippen molar-refractivity contribution in [3.8, 4) is 17.2 Å². The van der Waals surface area contributed by atoms with Gasteiger partial charge in [0.25, 0.3) is 0 Å². The van der Waals surface area contributed by atoms with Crippen LogP contribution in [0.15, 0.2) is 124 Å². The van der Waals surface area contributed by atoms with E-state index in [1.54, 1.807) is 37.3 Å². The van der Waals surface area contributed by atoms with Crippen LogP contribution in [0.25, 0.3) is 33.3 Å². The molecule has 5 aromatic rings. The highest BCUT2D eigenvalue weighted by Crippen LogP contribution is 2.57. The van der Waals surface area contributed by atoms with E-state index < -0.39 is 23.7 Å². The van der Waals surface area contributed by atoms with E-state index in [2.05, 4.69) is 4.98 Å². The number of aromatic hydroxyl groups is 1. The molecule has 4 atom stereocenters. The number of hydrogen-bond donors (Lipinski definition) is 1. The van der Waals surface area contributed by atoms with Crippen LogP contribution in [-0.2, 0) is 19.2 Å². The zero-order valence-corrected chi connectivity index (χ0v) is 25.8. The number of imide groups is 1. The van der Waals surface area contributed by atoms with Crippen molar-refractivity contribution in [2.75, 3.05) is 4.90 Å². The predicted octanol–water partition coefficient (Wildman–Crippen LogP) is 6.99. The Morgan fingerprint density at radius 2 is 1.62 bits per heavy atom. The molecule has 234 valence electrons. The van der Waals surface area contributed by atoms with Gasteiger partial charge in [0, 0.05) is 33.8 Å². The maximum Gasteiger partial charge on any atom is 0.238 e. The molecule has 8 nitrogen and oxygen atoms in total. The van der Waals surface area contributed by atoms with Crippen LogP contribution >= 0.6 is 0 Å². The van der Waals surface area contributed by atoms with Crippen molar-refractivity contribution in [3.05, 3.63) is 125 Å². The summed E-state index contributed by atoms with van der Waals surface area (Å²) in [7, 11) is 0. The quantitative estimate of drug-likeness (QED) is 0.129. The van der Waals surface area contributed by atoms with E-state index in [0.29, 0.717) is 51.4 Å². The summed E-state index contributed by atoms with van der Waals surface area (Å²) in [6, 6.07) is 25.5. The molecule has 1 saturated heterocycles. The Morgan fingerprint density at radius 3 is 2.44 bits per heavy atom.